The average molecular weight is 338 g/mol. The van der Waals surface area contributed by atoms with Crippen LogP contribution in [0.1, 0.15) is 46.1 Å². The standard InChI is InChI=1S/C20H26N4O/c1-15-11-21-12-19(22-15)18-5-4-10-24(14-18)20(25)17-8-6-16(7-9-17)13-23(2)3/h6-9,11-12,18H,4-5,10,13-14H2,1-3H3/t18-/m1/s1. The Labute approximate surface area is 149 Å². The van der Waals surface area contributed by atoms with Crippen LogP contribution in [0.15, 0.2) is 36.7 Å². The summed E-state index contributed by atoms with van der Waals surface area (Å²) in [5.74, 6) is 0.389. The molecule has 1 aromatic carbocycles. The van der Waals surface area contributed by atoms with Crippen LogP contribution in [0.5, 0.6) is 0 Å². The van der Waals surface area contributed by atoms with E-state index in [9.17, 15) is 4.79 Å². The first kappa shape index (κ1) is 17.5. The minimum atomic E-state index is 0.113. The van der Waals surface area contributed by atoms with Crippen LogP contribution >= 0.6 is 0 Å². The van der Waals surface area contributed by atoms with Crippen LogP contribution in [-0.4, -0.2) is 52.9 Å². The van der Waals surface area contributed by atoms with E-state index in [-0.39, 0.29) is 11.8 Å². The second-order valence-electron chi connectivity index (χ2n) is 7.11. The molecule has 0 aliphatic carbocycles. The van der Waals surface area contributed by atoms with Crippen molar-refractivity contribution in [1.82, 2.24) is 19.8 Å². The molecule has 3 rings (SSSR count). The summed E-state index contributed by atoms with van der Waals surface area (Å²) in [6.07, 6.45) is 5.67. The van der Waals surface area contributed by atoms with Crippen molar-refractivity contribution >= 4 is 5.91 Å². The van der Waals surface area contributed by atoms with E-state index in [1.54, 1.807) is 6.20 Å². The molecular formula is C20H26N4O. The zero-order chi connectivity index (χ0) is 17.8. The highest BCUT2D eigenvalue weighted by molar-refractivity contribution is 5.94. The fourth-order valence-corrected chi connectivity index (χ4v) is 3.38. The number of likely N-dealkylation sites (tertiary alicyclic amines) is 1. The van der Waals surface area contributed by atoms with Gasteiger partial charge < -0.3 is 9.80 Å². The number of nitrogens with zero attached hydrogens (tertiary/aromatic N) is 4. The number of hydrogen-bond donors (Lipinski definition) is 0. The number of benzene rings is 1. The highest BCUT2D eigenvalue weighted by Gasteiger charge is 2.26. The Morgan fingerprint density at radius 3 is 2.68 bits per heavy atom. The lowest BCUT2D eigenvalue weighted by atomic mass is 9.94. The van der Waals surface area contributed by atoms with Crippen LogP contribution in [0, 0.1) is 6.92 Å². The Kier molecular flexibility index (Phi) is 5.43. The summed E-state index contributed by atoms with van der Waals surface area (Å²) in [7, 11) is 4.09. The van der Waals surface area contributed by atoms with E-state index in [1.807, 2.05) is 56.4 Å². The fraction of sp³-hybridized carbons (Fsp3) is 0.450. The van der Waals surface area contributed by atoms with Crippen LogP contribution in [0.4, 0.5) is 0 Å². The van der Waals surface area contributed by atoms with E-state index in [4.69, 9.17) is 0 Å². The lowest BCUT2D eigenvalue weighted by Crippen LogP contribution is -2.39. The Hall–Kier alpha value is -2.27. The van der Waals surface area contributed by atoms with E-state index in [2.05, 4.69) is 14.9 Å². The van der Waals surface area contributed by atoms with E-state index in [1.165, 1.54) is 5.56 Å². The molecule has 0 N–H and O–H groups in total. The van der Waals surface area contributed by atoms with Crippen molar-refractivity contribution in [3.63, 3.8) is 0 Å². The third-order valence-electron chi connectivity index (χ3n) is 4.60. The number of rotatable bonds is 4. The van der Waals surface area contributed by atoms with Gasteiger partial charge in [-0.15, -0.1) is 0 Å². The number of aryl methyl sites for hydroxylation is 1. The predicted molar refractivity (Wildman–Crippen MR) is 98.5 cm³/mol. The van der Waals surface area contributed by atoms with Crippen molar-refractivity contribution in [3.8, 4) is 0 Å². The molecule has 0 unspecified atom stereocenters. The van der Waals surface area contributed by atoms with Crippen LogP contribution in [0.25, 0.3) is 0 Å². The zero-order valence-electron chi connectivity index (χ0n) is 15.3. The van der Waals surface area contributed by atoms with Gasteiger partial charge in [0, 0.05) is 43.5 Å². The third kappa shape index (κ3) is 4.42. The first-order chi connectivity index (χ1) is 12.0. The van der Waals surface area contributed by atoms with Gasteiger partial charge in [-0.2, -0.15) is 0 Å². The molecular weight excluding hydrogens is 312 g/mol. The number of carbonyl (C=O) groups excluding carboxylic acids is 1. The minimum Gasteiger partial charge on any atom is -0.338 e. The molecule has 5 heteroatoms. The van der Waals surface area contributed by atoms with Gasteiger partial charge in [-0.25, -0.2) is 0 Å². The van der Waals surface area contributed by atoms with Gasteiger partial charge >= 0.3 is 0 Å². The molecule has 1 atom stereocenters. The summed E-state index contributed by atoms with van der Waals surface area (Å²) in [6, 6.07) is 7.97. The Balaban J connectivity index is 1.69. The Morgan fingerprint density at radius 1 is 1.24 bits per heavy atom. The monoisotopic (exact) mass is 338 g/mol. The lowest BCUT2D eigenvalue weighted by Gasteiger charge is -2.32. The van der Waals surface area contributed by atoms with Crippen LogP contribution in [-0.2, 0) is 6.54 Å². The van der Waals surface area contributed by atoms with E-state index in [0.29, 0.717) is 0 Å². The largest absolute Gasteiger partial charge is 0.338 e. The number of piperidine rings is 1. The van der Waals surface area contributed by atoms with Gasteiger partial charge in [0.1, 0.15) is 0 Å². The van der Waals surface area contributed by atoms with Crippen molar-refractivity contribution in [2.24, 2.45) is 0 Å². The molecule has 1 saturated heterocycles. The van der Waals surface area contributed by atoms with Gasteiger partial charge in [-0.3, -0.25) is 14.8 Å². The fourth-order valence-electron chi connectivity index (χ4n) is 3.38. The summed E-state index contributed by atoms with van der Waals surface area (Å²) in [5, 5.41) is 0. The topological polar surface area (TPSA) is 49.3 Å². The molecule has 132 valence electrons. The molecule has 0 saturated carbocycles. The molecule has 0 radical (unpaired) electrons. The summed E-state index contributed by atoms with van der Waals surface area (Å²) < 4.78 is 0. The summed E-state index contributed by atoms with van der Waals surface area (Å²) in [5.41, 5.74) is 3.91. The van der Waals surface area contributed by atoms with Crippen LogP contribution < -0.4 is 0 Å². The number of hydrogen-bond acceptors (Lipinski definition) is 4. The van der Waals surface area contributed by atoms with Crippen molar-refractivity contribution in [2.45, 2.75) is 32.2 Å². The molecule has 2 aromatic rings. The van der Waals surface area contributed by atoms with Crippen molar-refractivity contribution < 1.29 is 4.79 Å². The second-order valence-corrected chi connectivity index (χ2v) is 7.11. The Bertz CT molecular complexity index is 727. The number of amides is 1. The highest BCUT2D eigenvalue weighted by atomic mass is 16.2. The summed E-state index contributed by atoms with van der Waals surface area (Å²) in [6.45, 7) is 4.37. The van der Waals surface area contributed by atoms with Crippen molar-refractivity contribution in [2.75, 3.05) is 27.2 Å². The highest BCUT2D eigenvalue weighted by Crippen LogP contribution is 2.26. The SMILES string of the molecule is Cc1cncc([C@@H]2CCCN(C(=O)c3ccc(CN(C)C)cc3)C2)n1. The van der Waals surface area contributed by atoms with E-state index >= 15 is 0 Å². The molecule has 25 heavy (non-hydrogen) atoms. The van der Waals surface area contributed by atoms with Crippen molar-refractivity contribution in [3.05, 3.63) is 59.2 Å². The molecule has 1 amide bonds. The zero-order valence-corrected chi connectivity index (χ0v) is 15.3. The normalized spacial score (nSPS) is 17.8. The smallest absolute Gasteiger partial charge is 0.253 e. The third-order valence-corrected chi connectivity index (χ3v) is 4.60. The van der Waals surface area contributed by atoms with E-state index < -0.39 is 0 Å². The first-order valence-electron chi connectivity index (χ1n) is 8.84. The molecule has 0 bridgehead atoms. The van der Waals surface area contributed by atoms with E-state index in [0.717, 1.165) is 49.4 Å². The molecule has 1 aliphatic heterocycles. The predicted octanol–water partition coefficient (Wildman–Crippen LogP) is 2.87. The molecule has 2 heterocycles. The summed E-state index contributed by atoms with van der Waals surface area (Å²) >= 11 is 0. The molecule has 0 spiro atoms. The van der Waals surface area contributed by atoms with Crippen molar-refractivity contribution in [1.29, 1.82) is 0 Å². The number of carbonyl (C=O) groups is 1. The van der Waals surface area contributed by atoms with Crippen LogP contribution in [0.3, 0.4) is 0 Å². The van der Waals surface area contributed by atoms with Gasteiger partial charge in [0.15, 0.2) is 0 Å². The first-order valence-corrected chi connectivity index (χ1v) is 8.84. The van der Waals surface area contributed by atoms with Gasteiger partial charge in [0.2, 0.25) is 0 Å². The van der Waals surface area contributed by atoms with Gasteiger partial charge in [0.25, 0.3) is 5.91 Å². The lowest BCUT2D eigenvalue weighted by molar-refractivity contribution is 0.0705. The van der Waals surface area contributed by atoms with Gasteiger partial charge in [-0.1, -0.05) is 12.1 Å². The maximum atomic E-state index is 12.9. The van der Waals surface area contributed by atoms with Gasteiger partial charge in [0.05, 0.1) is 11.4 Å². The maximum Gasteiger partial charge on any atom is 0.253 e. The summed E-state index contributed by atoms with van der Waals surface area (Å²) in [4.78, 5) is 25.8. The van der Waals surface area contributed by atoms with Gasteiger partial charge in [-0.05, 0) is 51.6 Å². The Morgan fingerprint density at radius 2 is 2.00 bits per heavy atom. The quantitative estimate of drug-likeness (QED) is 0.860. The second kappa shape index (κ2) is 7.74. The molecule has 5 nitrogen and oxygen atoms in total. The molecule has 1 fully saturated rings. The minimum absolute atomic E-state index is 0.113. The molecule has 1 aromatic heterocycles. The van der Waals surface area contributed by atoms with Crippen LogP contribution in [0.2, 0.25) is 0 Å². The number of aromatic nitrogens is 2. The average Bonchev–Trinajstić information content (AvgIpc) is 2.61. The molecule has 1 aliphatic rings. The maximum absolute atomic E-state index is 12.9.